The highest BCUT2D eigenvalue weighted by Crippen LogP contribution is 2.29. The molecular formula is C19H17F2N3O5. The fourth-order valence-corrected chi connectivity index (χ4v) is 2.41. The molecule has 2 aromatic carbocycles. The molecule has 0 unspecified atom stereocenters. The zero-order chi connectivity index (χ0) is 20.6. The molecule has 0 bridgehead atoms. The average Bonchev–Trinajstić information content (AvgIpc) is 3.26. The van der Waals surface area contributed by atoms with E-state index in [1.807, 2.05) is 0 Å². The molecule has 10 heteroatoms. The molecule has 152 valence electrons. The molecule has 0 atom stereocenters. The van der Waals surface area contributed by atoms with Gasteiger partial charge >= 0.3 is 6.61 Å². The molecule has 0 saturated heterocycles. The van der Waals surface area contributed by atoms with Crippen LogP contribution in [-0.4, -0.2) is 36.4 Å². The first-order valence-corrected chi connectivity index (χ1v) is 8.43. The lowest BCUT2D eigenvalue weighted by Gasteiger charge is -2.12. The lowest BCUT2D eigenvalue weighted by Crippen LogP contribution is -2.28. The molecule has 0 aliphatic rings. The maximum absolute atomic E-state index is 12.4. The zero-order valence-electron chi connectivity index (χ0n) is 15.3. The van der Waals surface area contributed by atoms with Gasteiger partial charge in [0.1, 0.15) is 5.75 Å². The van der Waals surface area contributed by atoms with Crippen LogP contribution in [0.3, 0.4) is 0 Å². The number of nitrogens with one attached hydrogen (secondary N) is 1. The minimum atomic E-state index is -2.95. The predicted molar refractivity (Wildman–Crippen MR) is 96.7 cm³/mol. The number of carbonyl (C=O) groups is 1. The van der Waals surface area contributed by atoms with Crippen molar-refractivity contribution in [2.24, 2.45) is 0 Å². The van der Waals surface area contributed by atoms with Gasteiger partial charge < -0.3 is 23.9 Å². The third kappa shape index (κ3) is 5.64. The number of alkyl halides is 2. The molecule has 1 aromatic heterocycles. The number of aromatic nitrogens is 2. The summed E-state index contributed by atoms with van der Waals surface area (Å²) >= 11 is 0. The summed E-state index contributed by atoms with van der Waals surface area (Å²) in [5, 5.41) is 10.1. The van der Waals surface area contributed by atoms with E-state index in [2.05, 4.69) is 20.3 Å². The van der Waals surface area contributed by atoms with Crippen molar-refractivity contribution in [3.05, 3.63) is 54.4 Å². The normalized spacial score (nSPS) is 10.6. The summed E-state index contributed by atoms with van der Waals surface area (Å²) in [5.41, 5.74) is 1.38. The van der Waals surface area contributed by atoms with Crippen LogP contribution in [0.2, 0.25) is 0 Å². The van der Waals surface area contributed by atoms with Gasteiger partial charge in [0, 0.05) is 12.1 Å². The van der Waals surface area contributed by atoms with Gasteiger partial charge in [0.25, 0.3) is 5.91 Å². The monoisotopic (exact) mass is 405 g/mol. The van der Waals surface area contributed by atoms with Gasteiger partial charge in [-0.1, -0.05) is 6.07 Å². The van der Waals surface area contributed by atoms with Crippen LogP contribution in [0.4, 0.5) is 8.78 Å². The summed E-state index contributed by atoms with van der Waals surface area (Å²) < 4.78 is 44.6. The molecule has 0 aliphatic carbocycles. The van der Waals surface area contributed by atoms with Crippen LogP contribution in [0.5, 0.6) is 17.2 Å². The highest BCUT2D eigenvalue weighted by molar-refractivity contribution is 5.77. The van der Waals surface area contributed by atoms with Gasteiger partial charge in [-0.2, -0.15) is 8.78 Å². The van der Waals surface area contributed by atoms with Crippen molar-refractivity contribution in [3.8, 4) is 28.7 Å². The lowest BCUT2D eigenvalue weighted by molar-refractivity contribution is -0.123. The number of hydrogen-bond acceptors (Lipinski definition) is 7. The number of halogens is 2. The second-order valence-electron chi connectivity index (χ2n) is 5.70. The number of amides is 1. The minimum absolute atomic E-state index is 0.0788. The van der Waals surface area contributed by atoms with Crippen molar-refractivity contribution < 1.29 is 32.2 Å². The van der Waals surface area contributed by atoms with Crippen molar-refractivity contribution in [3.63, 3.8) is 0 Å². The first kappa shape index (κ1) is 20.1. The van der Waals surface area contributed by atoms with Crippen LogP contribution in [0.25, 0.3) is 11.5 Å². The maximum atomic E-state index is 12.4. The topological polar surface area (TPSA) is 95.7 Å². The number of hydrogen-bond donors (Lipinski definition) is 1. The summed E-state index contributed by atoms with van der Waals surface area (Å²) in [6.45, 7) is -2.97. The molecular weight excluding hydrogens is 388 g/mol. The molecule has 1 N–H and O–H groups in total. The Morgan fingerprint density at radius 1 is 1.17 bits per heavy atom. The SMILES string of the molecule is COc1cc(CNC(=O)COc2ccc(-c3nnco3)cc2)ccc1OC(F)F. The van der Waals surface area contributed by atoms with E-state index in [0.29, 0.717) is 17.2 Å². The summed E-state index contributed by atoms with van der Waals surface area (Å²) in [7, 11) is 1.34. The summed E-state index contributed by atoms with van der Waals surface area (Å²) in [5.74, 6) is 0.602. The molecule has 0 radical (unpaired) electrons. The second kappa shape index (κ2) is 9.49. The van der Waals surface area contributed by atoms with Crippen molar-refractivity contribution in [1.82, 2.24) is 15.5 Å². The molecule has 1 amide bonds. The van der Waals surface area contributed by atoms with Gasteiger partial charge in [0.2, 0.25) is 12.3 Å². The van der Waals surface area contributed by atoms with Gasteiger partial charge in [0.05, 0.1) is 7.11 Å². The Labute approximate surface area is 164 Å². The minimum Gasteiger partial charge on any atom is -0.493 e. The zero-order valence-corrected chi connectivity index (χ0v) is 15.3. The molecule has 0 fully saturated rings. The summed E-state index contributed by atoms with van der Waals surface area (Å²) in [6, 6.07) is 11.2. The molecule has 0 saturated carbocycles. The molecule has 1 heterocycles. The van der Waals surface area contributed by atoms with E-state index in [1.165, 1.54) is 25.6 Å². The van der Waals surface area contributed by atoms with Crippen LogP contribution in [0.15, 0.2) is 53.3 Å². The van der Waals surface area contributed by atoms with Gasteiger partial charge in [-0.15, -0.1) is 10.2 Å². The van der Waals surface area contributed by atoms with Crippen LogP contribution in [0.1, 0.15) is 5.56 Å². The molecule has 3 aromatic rings. The Morgan fingerprint density at radius 3 is 2.62 bits per heavy atom. The van der Waals surface area contributed by atoms with Crippen LogP contribution >= 0.6 is 0 Å². The van der Waals surface area contributed by atoms with Gasteiger partial charge in [-0.3, -0.25) is 4.79 Å². The summed E-state index contributed by atoms with van der Waals surface area (Å²) in [6.07, 6.45) is 1.24. The first-order chi connectivity index (χ1) is 14.0. The largest absolute Gasteiger partial charge is 0.493 e. The fourth-order valence-electron chi connectivity index (χ4n) is 2.41. The van der Waals surface area contributed by atoms with E-state index in [-0.39, 0.29) is 30.6 Å². The molecule has 29 heavy (non-hydrogen) atoms. The van der Waals surface area contributed by atoms with Gasteiger partial charge in [-0.05, 0) is 42.0 Å². The molecule has 0 aliphatic heterocycles. The van der Waals surface area contributed by atoms with E-state index in [9.17, 15) is 13.6 Å². The molecule has 3 rings (SSSR count). The van der Waals surface area contributed by atoms with E-state index in [0.717, 1.165) is 5.56 Å². The fraction of sp³-hybridized carbons (Fsp3) is 0.211. The van der Waals surface area contributed by atoms with E-state index in [1.54, 1.807) is 30.3 Å². The Kier molecular flexibility index (Phi) is 6.56. The lowest BCUT2D eigenvalue weighted by atomic mass is 10.2. The number of ether oxygens (including phenoxy) is 3. The Morgan fingerprint density at radius 2 is 1.97 bits per heavy atom. The van der Waals surface area contributed by atoms with Crippen molar-refractivity contribution in [1.29, 1.82) is 0 Å². The standard InChI is InChI=1S/C19H17F2N3O5/c1-26-16-8-12(2-7-15(16)29-19(20)21)9-22-17(25)10-27-14-5-3-13(4-6-14)18-24-23-11-28-18/h2-8,11,19H,9-10H2,1H3,(H,22,25). The number of methoxy groups -OCH3 is 1. The Balaban J connectivity index is 1.48. The highest BCUT2D eigenvalue weighted by Gasteiger charge is 2.12. The highest BCUT2D eigenvalue weighted by atomic mass is 19.3. The van der Waals surface area contributed by atoms with E-state index >= 15 is 0 Å². The number of rotatable bonds is 9. The third-order valence-electron chi connectivity index (χ3n) is 3.77. The average molecular weight is 405 g/mol. The van der Waals surface area contributed by atoms with Crippen molar-refractivity contribution in [2.45, 2.75) is 13.2 Å². The molecule has 0 spiro atoms. The second-order valence-corrected chi connectivity index (χ2v) is 5.70. The number of carbonyl (C=O) groups excluding carboxylic acids is 1. The van der Waals surface area contributed by atoms with Crippen molar-refractivity contribution in [2.75, 3.05) is 13.7 Å². The third-order valence-corrected chi connectivity index (χ3v) is 3.77. The molecule has 8 nitrogen and oxygen atoms in total. The Hall–Kier alpha value is -3.69. The van der Waals surface area contributed by atoms with Gasteiger partial charge in [-0.25, -0.2) is 0 Å². The summed E-state index contributed by atoms with van der Waals surface area (Å²) in [4.78, 5) is 12.0. The van der Waals surface area contributed by atoms with Crippen molar-refractivity contribution >= 4 is 5.91 Å². The van der Waals surface area contributed by atoms with E-state index in [4.69, 9.17) is 13.9 Å². The quantitative estimate of drug-likeness (QED) is 0.585. The number of nitrogens with zero attached hydrogens (tertiary/aromatic N) is 2. The van der Waals surface area contributed by atoms with Crippen LogP contribution in [-0.2, 0) is 11.3 Å². The van der Waals surface area contributed by atoms with Crippen LogP contribution in [0, 0.1) is 0 Å². The first-order valence-electron chi connectivity index (χ1n) is 8.43. The van der Waals surface area contributed by atoms with Gasteiger partial charge in [0.15, 0.2) is 18.1 Å². The van der Waals surface area contributed by atoms with Crippen LogP contribution < -0.4 is 19.5 Å². The maximum Gasteiger partial charge on any atom is 0.387 e. The predicted octanol–water partition coefficient (Wildman–Crippen LogP) is 3.04. The smallest absolute Gasteiger partial charge is 0.387 e. The number of benzene rings is 2. The van der Waals surface area contributed by atoms with E-state index < -0.39 is 6.61 Å². The Bertz CT molecular complexity index is 934.